The summed E-state index contributed by atoms with van der Waals surface area (Å²) in [5.41, 5.74) is 4.94. The highest BCUT2D eigenvalue weighted by Crippen LogP contribution is 2.62. The van der Waals surface area contributed by atoms with Crippen LogP contribution >= 0.6 is 33.9 Å². The molecule has 2 aromatic rings. The predicted molar refractivity (Wildman–Crippen MR) is 167 cm³/mol. The van der Waals surface area contributed by atoms with Crippen molar-refractivity contribution in [2.45, 2.75) is 133 Å². The topological polar surface area (TPSA) is 31.4 Å². The van der Waals surface area contributed by atoms with Crippen molar-refractivity contribution in [2.24, 2.45) is 5.41 Å². The third-order valence-electron chi connectivity index (χ3n) is 9.57. The first-order chi connectivity index (χ1) is 18.3. The number of pyridine rings is 1. The number of halogens is 4. The van der Waals surface area contributed by atoms with E-state index in [-0.39, 0.29) is 26.4 Å². The van der Waals surface area contributed by atoms with Crippen LogP contribution in [0.4, 0.5) is 13.2 Å². The zero-order valence-corrected chi connectivity index (χ0v) is 29.2. The molecule has 4 atom stereocenters. The molecule has 3 heterocycles. The number of aromatic nitrogens is 1. The van der Waals surface area contributed by atoms with E-state index in [1.165, 1.54) is 17.2 Å². The van der Waals surface area contributed by atoms with Crippen molar-refractivity contribution in [2.75, 3.05) is 0 Å². The van der Waals surface area contributed by atoms with Crippen molar-refractivity contribution in [1.82, 2.24) is 4.98 Å². The molecule has 0 saturated heterocycles. The number of ether oxygens (including phenoxy) is 1. The lowest BCUT2D eigenvalue weighted by Gasteiger charge is -2.45. The molecular formula is C31H43F3INO2SSi. The second-order valence-corrected chi connectivity index (χ2v) is 22.0. The first kappa shape index (κ1) is 30.9. The van der Waals surface area contributed by atoms with E-state index in [0.717, 1.165) is 60.4 Å². The Bertz CT molecular complexity index is 1300. The highest BCUT2D eigenvalue weighted by Gasteiger charge is 2.57. The minimum absolute atomic E-state index is 0.0241. The second-order valence-electron chi connectivity index (χ2n) is 14.7. The van der Waals surface area contributed by atoms with Gasteiger partial charge in [-0.05, 0) is 73.7 Å². The highest BCUT2D eigenvalue weighted by molar-refractivity contribution is 14.1. The fraction of sp³-hybridized carbons (Fsp3) is 0.710. The number of alkyl halides is 4. The van der Waals surface area contributed by atoms with Crippen LogP contribution in [0.1, 0.15) is 130 Å². The molecule has 222 valence electrons. The summed E-state index contributed by atoms with van der Waals surface area (Å²) in [6.45, 7) is 20.3. The fourth-order valence-electron chi connectivity index (χ4n) is 6.61. The molecule has 2 aliphatic carbocycles. The normalized spacial score (nSPS) is 28.4. The second kappa shape index (κ2) is 10.0. The van der Waals surface area contributed by atoms with Gasteiger partial charge in [0.2, 0.25) is 0 Å². The highest BCUT2D eigenvalue weighted by atomic mass is 127. The van der Waals surface area contributed by atoms with E-state index in [2.05, 4.69) is 84.2 Å². The van der Waals surface area contributed by atoms with Crippen molar-refractivity contribution in [1.29, 1.82) is 0 Å². The quantitative estimate of drug-likeness (QED) is 0.180. The minimum Gasteiger partial charge on any atom is -0.410 e. The molecular weight excluding hydrogens is 662 g/mol. The Morgan fingerprint density at radius 1 is 1.15 bits per heavy atom. The van der Waals surface area contributed by atoms with Gasteiger partial charge in [-0.1, -0.05) is 71.1 Å². The third kappa shape index (κ3) is 5.15. The van der Waals surface area contributed by atoms with Crippen molar-refractivity contribution in [3.05, 3.63) is 50.0 Å². The molecule has 1 spiro atoms. The average molecular weight is 706 g/mol. The molecule has 1 saturated carbocycles. The van der Waals surface area contributed by atoms with Crippen LogP contribution in [0, 0.1) is 5.41 Å². The molecule has 0 radical (unpaired) electrons. The van der Waals surface area contributed by atoms with Crippen LogP contribution in [0.2, 0.25) is 18.1 Å². The maximum Gasteiger partial charge on any atom is 0.425 e. The molecule has 3 nitrogen and oxygen atoms in total. The Hall–Kier alpha value is -0.493. The predicted octanol–water partition coefficient (Wildman–Crippen LogP) is 10.6. The maximum atomic E-state index is 13.7. The zero-order valence-electron chi connectivity index (χ0n) is 25.2. The zero-order chi connectivity index (χ0) is 29.6. The van der Waals surface area contributed by atoms with Crippen LogP contribution in [0.25, 0.3) is 0 Å². The van der Waals surface area contributed by atoms with Crippen LogP contribution in [0.15, 0.2) is 12.1 Å². The SMILES string of the molecule is CC(C)c1nc2c(c3c1[C@@H](c1ccc(C(F)(F)F)s1)OC31CCCC1I)[C@@H](O[Si](C)(C)C(C)(C)C)CC(C)(C)C2. The Morgan fingerprint density at radius 2 is 1.82 bits per heavy atom. The van der Waals surface area contributed by atoms with Gasteiger partial charge in [-0.15, -0.1) is 11.3 Å². The number of thiophene rings is 1. The molecule has 1 aliphatic heterocycles. The minimum atomic E-state index is -4.37. The largest absolute Gasteiger partial charge is 0.425 e. The monoisotopic (exact) mass is 705 g/mol. The van der Waals surface area contributed by atoms with Crippen LogP contribution in [-0.4, -0.2) is 17.2 Å². The van der Waals surface area contributed by atoms with Gasteiger partial charge in [0.25, 0.3) is 0 Å². The van der Waals surface area contributed by atoms with E-state index >= 15 is 0 Å². The Balaban J connectivity index is 1.79. The molecule has 2 aromatic heterocycles. The summed E-state index contributed by atoms with van der Waals surface area (Å²) in [4.78, 5) is 5.40. The molecule has 0 bridgehead atoms. The van der Waals surface area contributed by atoms with Gasteiger partial charge in [0.05, 0.1) is 6.10 Å². The number of hydrogen-bond donors (Lipinski definition) is 0. The standard InChI is InChI=1S/C31H43F3INO2SSi/c1-17(2)26-24-25(23-18(36-26)15-29(6,7)16-19(23)38-40(8,9)28(3,4)5)30(14-10-11-21(30)35)37-27(24)20-12-13-22(39-20)31(32,33)34/h12-13,17,19,21,27H,10-11,14-16H2,1-9H3/t19-,21?,27+,30?/m0/s1. The number of nitrogens with zero attached hydrogens (tertiary/aromatic N) is 1. The van der Waals surface area contributed by atoms with Gasteiger partial charge in [0.1, 0.15) is 16.6 Å². The summed E-state index contributed by atoms with van der Waals surface area (Å²) in [7, 11) is -2.15. The van der Waals surface area contributed by atoms with Crippen molar-refractivity contribution < 1.29 is 22.3 Å². The third-order valence-corrected chi connectivity index (χ3v) is 16.9. The molecule has 0 amide bonds. The molecule has 2 unspecified atom stereocenters. The number of fused-ring (bicyclic) bond motifs is 4. The molecule has 1 fully saturated rings. The lowest BCUT2D eigenvalue weighted by Crippen LogP contribution is -2.44. The van der Waals surface area contributed by atoms with Gasteiger partial charge in [0.15, 0.2) is 8.32 Å². The lowest BCUT2D eigenvalue weighted by molar-refractivity contribution is -0.134. The van der Waals surface area contributed by atoms with Gasteiger partial charge in [-0.3, -0.25) is 4.98 Å². The Kier molecular flexibility index (Phi) is 7.76. The van der Waals surface area contributed by atoms with Crippen molar-refractivity contribution in [3.63, 3.8) is 0 Å². The summed E-state index contributed by atoms with van der Waals surface area (Å²) >= 11 is 3.35. The smallest absolute Gasteiger partial charge is 0.410 e. The summed E-state index contributed by atoms with van der Waals surface area (Å²) in [6, 6.07) is 2.82. The Morgan fingerprint density at radius 3 is 2.35 bits per heavy atom. The van der Waals surface area contributed by atoms with Crippen molar-refractivity contribution in [3.8, 4) is 0 Å². The summed E-state index contributed by atoms with van der Waals surface area (Å²) in [6.07, 6.45) is -0.355. The van der Waals surface area contributed by atoms with Gasteiger partial charge >= 0.3 is 6.18 Å². The van der Waals surface area contributed by atoms with Crippen LogP contribution in [-0.2, 0) is 27.4 Å². The van der Waals surface area contributed by atoms with Crippen LogP contribution in [0.5, 0.6) is 0 Å². The molecule has 9 heteroatoms. The summed E-state index contributed by atoms with van der Waals surface area (Å²) in [5, 5.41) is 0.0457. The van der Waals surface area contributed by atoms with Gasteiger partial charge in [-0.2, -0.15) is 13.2 Å². The van der Waals surface area contributed by atoms with E-state index in [0.29, 0.717) is 4.88 Å². The van der Waals surface area contributed by atoms with Crippen LogP contribution in [0.3, 0.4) is 0 Å². The molecule has 0 N–H and O–H groups in total. The molecule has 3 aliphatic rings. The number of rotatable bonds is 4. The van der Waals surface area contributed by atoms with Crippen LogP contribution < -0.4 is 0 Å². The lowest BCUT2D eigenvalue weighted by atomic mass is 9.70. The number of hydrogen-bond acceptors (Lipinski definition) is 4. The van der Waals surface area contributed by atoms with Gasteiger partial charge < -0.3 is 9.16 Å². The maximum absolute atomic E-state index is 13.7. The summed E-state index contributed by atoms with van der Waals surface area (Å²) in [5.74, 6) is 0.112. The van der Waals surface area contributed by atoms with Crippen molar-refractivity contribution >= 4 is 42.2 Å². The van der Waals surface area contributed by atoms with E-state index in [1.807, 2.05) is 0 Å². The first-order valence-electron chi connectivity index (χ1n) is 14.5. The van der Waals surface area contributed by atoms with E-state index < -0.39 is 31.1 Å². The van der Waals surface area contributed by atoms with Gasteiger partial charge in [0, 0.05) is 36.9 Å². The fourth-order valence-corrected chi connectivity index (χ4v) is 10.0. The van der Waals surface area contributed by atoms with E-state index in [9.17, 15) is 13.2 Å². The first-order valence-corrected chi connectivity index (χ1v) is 19.5. The average Bonchev–Trinajstić information content (AvgIpc) is 3.49. The summed E-state index contributed by atoms with van der Waals surface area (Å²) < 4.78 is 55.7. The Labute approximate surface area is 256 Å². The van der Waals surface area contributed by atoms with E-state index in [1.54, 1.807) is 6.07 Å². The molecule has 0 aromatic carbocycles. The van der Waals surface area contributed by atoms with Gasteiger partial charge in [-0.25, -0.2) is 0 Å². The molecule has 5 rings (SSSR count). The molecule has 40 heavy (non-hydrogen) atoms. The van der Waals surface area contributed by atoms with E-state index in [4.69, 9.17) is 14.1 Å².